The molecular formula is C12H23AlN3. The zero-order chi connectivity index (χ0) is 11.6. The molecule has 16 heavy (non-hydrogen) atoms. The zero-order valence-corrected chi connectivity index (χ0v) is 11.4. The molecule has 1 radical (unpaired) electrons. The maximum Gasteiger partial charge on any atom is 0.210 e. The van der Waals surface area contributed by atoms with Crippen molar-refractivity contribution in [3.8, 4) is 0 Å². The standard InChI is InChI=1S/2C6H11.Al.HN3/c2*1-2-4-6-5-3-1;;1-3-2/h2*1H,2-6H2;;1H. The van der Waals surface area contributed by atoms with Crippen molar-refractivity contribution in [3.05, 3.63) is 10.4 Å². The smallest absolute Gasteiger partial charge is 0.108 e. The summed E-state index contributed by atoms with van der Waals surface area (Å²) in [5, 5.41) is 0. The minimum absolute atomic E-state index is 0.825. The molecule has 0 saturated heterocycles. The highest BCUT2D eigenvalue weighted by Crippen LogP contribution is 2.36. The van der Waals surface area contributed by atoms with E-state index in [9.17, 15) is 0 Å². The van der Waals surface area contributed by atoms with Crippen LogP contribution in [0.3, 0.4) is 0 Å². The summed E-state index contributed by atoms with van der Waals surface area (Å²) in [6.45, 7) is 0. The Kier molecular flexibility index (Phi) is 7.76. The number of nitrogens with zero attached hydrogens (tertiary/aromatic N) is 2. The minimum Gasteiger partial charge on any atom is -0.108 e. The van der Waals surface area contributed by atoms with E-state index in [0.29, 0.717) is 0 Å². The molecule has 2 fully saturated rings. The molecule has 0 heterocycles. The lowest BCUT2D eigenvalue weighted by Gasteiger charge is -2.27. The van der Waals surface area contributed by atoms with Crippen LogP contribution in [0.1, 0.15) is 64.2 Å². The molecule has 2 rings (SSSR count). The summed E-state index contributed by atoms with van der Waals surface area (Å²) in [6, 6.07) is 0. The highest BCUT2D eigenvalue weighted by atomic mass is 27.1. The van der Waals surface area contributed by atoms with E-state index in [1.807, 2.05) is 0 Å². The molecule has 0 aliphatic heterocycles. The molecule has 0 aromatic heterocycles. The van der Waals surface area contributed by atoms with Gasteiger partial charge in [0.1, 0.15) is 0 Å². The van der Waals surface area contributed by atoms with E-state index in [1.54, 1.807) is 56.3 Å². The fraction of sp³-hybridized carbons (Fsp3) is 1.00. The van der Waals surface area contributed by atoms with Gasteiger partial charge in [-0.05, 0) is 10.4 Å². The molecular weight excluding hydrogens is 213 g/mol. The van der Waals surface area contributed by atoms with Gasteiger partial charge in [-0.1, -0.05) is 73.8 Å². The maximum absolute atomic E-state index is 6.86. The summed E-state index contributed by atoms with van der Waals surface area (Å²) in [5.41, 5.74) is 12.2. The summed E-state index contributed by atoms with van der Waals surface area (Å²) in [6.07, 6.45) is 15.6. The fourth-order valence-corrected chi connectivity index (χ4v) is 5.52. The Bertz CT molecular complexity index is 186. The number of nitrogens with one attached hydrogen (secondary N) is 1. The van der Waals surface area contributed by atoms with E-state index in [-0.39, 0.29) is 0 Å². The second-order valence-electron chi connectivity index (χ2n) is 5.09. The monoisotopic (exact) mass is 236 g/mol. The van der Waals surface area contributed by atoms with Crippen molar-refractivity contribution in [1.82, 2.24) is 0 Å². The van der Waals surface area contributed by atoms with Crippen molar-refractivity contribution in [2.24, 2.45) is 0 Å². The van der Waals surface area contributed by atoms with Crippen LogP contribution < -0.4 is 0 Å². The molecule has 4 heteroatoms. The van der Waals surface area contributed by atoms with Gasteiger partial charge in [0.15, 0.2) is 0 Å². The SMILES string of the molecule is C1CC[CH]([Al][CH]2CCCCC2)CC1.[N-]=[N+]=N. The van der Waals surface area contributed by atoms with Gasteiger partial charge in [0.2, 0.25) is 15.2 Å². The molecule has 2 aliphatic carbocycles. The highest BCUT2D eigenvalue weighted by Gasteiger charge is 2.21. The van der Waals surface area contributed by atoms with Gasteiger partial charge in [-0.25, -0.2) is 0 Å². The first kappa shape index (κ1) is 13.9. The van der Waals surface area contributed by atoms with Gasteiger partial charge in [0, 0.05) is 0 Å². The van der Waals surface area contributed by atoms with Crippen LogP contribution in [0.4, 0.5) is 0 Å². The largest absolute Gasteiger partial charge is 0.210 e. The number of hydrogen-bond donors (Lipinski definition) is 1. The Balaban J connectivity index is 0.000000386. The van der Waals surface area contributed by atoms with Crippen LogP contribution in [0.25, 0.3) is 10.4 Å². The summed E-state index contributed by atoms with van der Waals surface area (Å²) < 4.78 is 2.41. The zero-order valence-electron chi connectivity index (χ0n) is 10.2. The normalized spacial score (nSPS) is 22.8. The van der Waals surface area contributed by atoms with Crippen molar-refractivity contribution in [2.45, 2.75) is 73.8 Å². The third kappa shape index (κ3) is 5.80. The van der Waals surface area contributed by atoms with Gasteiger partial charge in [-0.15, -0.1) is 5.53 Å². The Morgan fingerprint density at radius 2 is 1.12 bits per heavy atom. The molecule has 0 spiro atoms. The molecule has 3 nitrogen and oxygen atoms in total. The highest BCUT2D eigenvalue weighted by molar-refractivity contribution is 6.39. The maximum atomic E-state index is 6.86. The van der Waals surface area contributed by atoms with E-state index in [4.69, 9.17) is 11.1 Å². The molecule has 2 aliphatic rings. The summed E-state index contributed by atoms with van der Waals surface area (Å²) in [4.78, 5) is 1.75. The lowest BCUT2D eigenvalue weighted by atomic mass is 9.99. The molecule has 0 unspecified atom stereocenters. The molecule has 0 aromatic rings. The fourth-order valence-electron chi connectivity index (χ4n) is 3.04. The molecule has 0 bridgehead atoms. The van der Waals surface area contributed by atoms with E-state index >= 15 is 0 Å². The van der Waals surface area contributed by atoms with Crippen LogP contribution in [0.5, 0.6) is 0 Å². The first-order valence-electron chi connectivity index (χ1n) is 6.72. The van der Waals surface area contributed by atoms with Gasteiger partial charge >= 0.3 is 0 Å². The van der Waals surface area contributed by atoms with Crippen LogP contribution in [-0.4, -0.2) is 15.2 Å². The molecule has 89 valence electrons. The van der Waals surface area contributed by atoms with Crippen LogP contribution in [0.15, 0.2) is 0 Å². The molecule has 2 saturated carbocycles. The summed E-state index contributed by atoms with van der Waals surface area (Å²) >= 11 is 0.825. The lowest BCUT2D eigenvalue weighted by molar-refractivity contribution is 0.470. The molecule has 1 N–H and O–H groups in total. The number of hydrogen-bond acceptors (Lipinski definition) is 1. The van der Waals surface area contributed by atoms with E-state index in [1.165, 1.54) is 22.4 Å². The molecule has 0 amide bonds. The van der Waals surface area contributed by atoms with Crippen LogP contribution in [-0.2, 0) is 0 Å². The summed E-state index contributed by atoms with van der Waals surface area (Å²) in [5.74, 6) is 0. The van der Waals surface area contributed by atoms with Crippen molar-refractivity contribution in [3.63, 3.8) is 0 Å². The third-order valence-electron chi connectivity index (χ3n) is 3.84. The van der Waals surface area contributed by atoms with Gasteiger partial charge in [0.05, 0.1) is 0 Å². The third-order valence-corrected chi connectivity index (χ3v) is 6.27. The van der Waals surface area contributed by atoms with Gasteiger partial charge < -0.3 is 0 Å². The number of rotatable bonds is 2. The van der Waals surface area contributed by atoms with Crippen molar-refractivity contribution < 1.29 is 0 Å². The van der Waals surface area contributed by atoms with Gasteiger partial charge in [0.25, 0.3) is 0 Å². The second-order valence-corrected chi connectivity index (χ2v) is 7.36. The van der Waals surface area contributed by atoms with E-state index in [0.717, 1.165) is 15.2 Å². The van der Waals surface area contributed by atoms with Crippen LogP contribution >= 0.6 is 0 Å². The average molecular weight is 236 g/mol. The quantitative estimate of drug-likeness (QED) is 0.301. The van der Waals surface area contributed by atoms with Crippen molar-refractivity contribution in [1.29, 1.82) is 5.53 Å². The van der Waals surface area contributed by atoms with Crippen LogP contribution in [0.2, 0.25) is 9.56 Å². The Hall–Kier alpha value is -0.158. The Labute approximate surface area is 105 Å². The first-order chi connectivity index (χ1) is 7.86. The van der Waals surface area contributed by atoms with Crippen molar-refractivity contribution in [2.75, 3.05) is 0 Å². The Morgan fingerprint density at radius 3 is 1.44 bits per heavy atom. The predicted octanol–water partition coefficient (Wildman–Crippen LogP) is 5.07. The average Bonchev–Trinajstić information content (AvgIpc) is 2.33. The topological polar surface area (TPSA) is 60.3 Å². The Morgan fingerprint density at radius 1 is 0.812 bits per heavy atom. The van der Waals surface area contributed by atoms with E-state index < -0.39 is 0 Å². The second kappa shape index (κ2) is 8.93. The van der Waals surface area contributed by atoms with Gasteiger partial charge in [-0.2, -0.15) is 0 Å². The minimum atomic E-state index is 0.825. The first-order valence-corrected chi connectivity index (χ1v) is 8.06. The van der Waals surface area contributed by atoms with E-state index in [2.05, 4.69) is 0 Å². The predicted molar refractivity (Wildman–Crippen MR) is 68.9 cm³/mol. The molecule has 0 aromatic carbocycles. The summed E-state index contributed by atoms with van der Waals surface area (Å²) in [7, 11) is 0. The van der Waals surface area contributed by atoms with Crippen LogP contribution in [0, 0.1) is 5.53 Å². The van der Waals surface area contributed by atoms with Gasteiger partial charge in [-0.3, -0.25) is 0 Å². The van der Waals surface area contributed by atoms with Crippen molar-refractivity contribution >= 4 is 15.2 Å². The molecule has 0 atom stereocenters. The lowest BCUT2D eigenvalue weighted by Crippen LogP contribution is -2.16.